The first-order chi connectivity index (χ1) is 12.2. The van der Waals surface area contributed by atoms with Gasteiger partial charge >= 0.3 is 0 Å². The zero-order valence-electron chi connectivity index (χ0n) is 13.3. The van der Waals surface area contributed by atoms with Gasteiger partial charge in [0.2, 0.25) is 0 Å². The van der Waals surface area contributed by atoms with E-state index in [0.717, 1.165) is 16.9 Å². The molecule has 0 unspecified atom stereocenters. The zero-order valence-corrected chi connectivity index (χ0v) is 14.9. The van der Waals surface area contributed by atoms with Gasteiger partial charge in [0.1, 0.15) is 5.25 Å². The fraction of sp³-hybridized carbons (Fsp3) is 0.105. The van der Waals surface area contributed by atoms with Crippen LogP contribution in [0.25, 0.3) is 0 Å². The average molecular weight is 365 g/mol. The van der Waals surface area contributed by atoms with Gasteiger partial charge in [0, 0.05) is 17.5 Å². The fourth-order valence-corrected chi connectivity index (χ4v) is 4.75. The first kappa shape index (κ1) is 16.1. The van der Waals surface area contributed by atoms with E-state index < -0.39 is 0 Å². The molecule has 0 bridgehead atoms. The minimum atomic E-state index is -0.366. The van der Waals surface area contributed by atoms with Gasteiger partial charge in [-0.15, -0.1) is 11.3 Å². The first-order valence-electron chi connectivity index (χ1n) is 7.85. The third-order valence-corrected chi connectivity index (χ3v) is 6.03. The van der Waals surface area contributed by atoms with Crippen molar-refractivity contribution in [1.82, 2.24) is 4.98 Å². The molecular formula is C19H15N3OS2. The van der Waals surface area contributed by atoms with Crippen LogP contribution in [0.5, 0.6) is 0 Å². The Morgan fingerprint density at radius 2 is 1.72 bits per heavy atom. The van der Waals surface area contributed by atoms with Gasteiger partial charge in [-0.1, -0.05) is 72.4 Å². The van der Waals surface area contributed by atoms with E-state index in [1.165, 1.54) is 33.6 Å². The molecule has 6 heteroatoms. The highest BCUT2D eigenvalue weighted by atomic mass is 32.2. The lowest BCUT2D eigenvalue weighted by Gasteiger charge is -2.11. The Morgan fingerprint density at radius 1 is 1.04 bits per heavy atom. The number of carbonyl (C=O) groups excluding carboxylic acids is 1. The average Bonchev–Trinajstić information content (AvgIpc) is 3.20. The van der Waals surface area contributed by atoms with Crippen molar-refractivity contribution in [2.45, 2.75) is 11.7 Å². The second-order valence-corrected chi connectivity index (χ2v) is 7.85. The molecule has 1 atom stereocenters. The molecule has 1 N–H and O–H groups in total. The van der Waals surface area contributed by atoms with Gasteiger partial charge in [-0.05, 0) is 11.1 Å². The lowest BCUT2D eigenvalue weighted by atomic mass is 10.1. The number of thioether (sulfide) groups is 1. The van der Waals surface area contributed by atoms with Crippen LogP contribution < -0.4 is 4.90 Å². The Morgan fingerprint density at radius 3 is 2.44 bits per heavy atom. The van der Waals surface area contributed by atoms with Crippen LogP contribution in [0.4, 0.5) is 5.13 Å². The summed E-state index contributed by atoms with van der Waals surface area (Å²) in [7, 11) is 0. The number of carbonyl (C=O) groups is 1. The number of amidine groups is 1. The van der Waals surface area contributed by atoms with Crippen LogP contribution in [0, 0.1) is 5.41 Å². The smallest absolute Gasteiger partial charge is 0.253 e. The molecule has 1 amide bonds. The lowest BCUT2D eigenvalue weighted by molar-refractivity contribution is -0.117. The maximum atomic E-state index is 12.8. The Bertz CT molecular complexity index is 909. The van der Waals surface area contributed by atoms with Crippen molar-refractivity contribution < 1.29 is 4.79 Å². The molecule has 4 nitrogen and oxygen atoms in total. The molecule has 1 saturated heterocycles. The number of hydrogen-bond acceptors (Lipinski definition) is 5. The van der Waals surface area contributed by atoms with E-state index in [1.54, 1.807) is 6.20 Å². The van der Waals surface area contributed by atoms with E-state index in [0.29, 0.717) is 5.13 Å². The van der Waals surface area contributed by atoms with Crippen LogP contribution in [0.15, 0.2) is 66.9 Å². The standard InChI is InChI=1S/C19H15N3OS2/c20-18-22(17(23)16(25-18)14-9-5-2-6-10-14)19-21-12-15(24-19)11-13-7-3-1-4-8-13/h1-10,12,16,20H,11H2/t16-/m0/s1. The van der Waals surface area contributed by atoms with E-state index >= 15 is 0 Å². The first-order valence-corrected chi connectivity index (χ1v) is 9.55. The van der Waals surface area contributed by atoms with Crippen LogP contribution in [-0.4, -0.2) is 16.1 Å². The van der Waals surface area contributed by atoms with Gasteiger partial charge in [-0.3, -0.25) is 10.2 Å². The van der Waals surface area contributed by atoms with Gasteiger partial charge < -0.3 is 0 Å². The largest absolute Gasteiger partial charge is 0.278 e. The highest BCUT2D eigenvalue weighted by Gasteiger charge is 2.40. The van der Waals surface area contributed by atoms with Crippen LogP contribution in [0.2, 0.25) is 0 Å². The Labute approximate surface area is 154 Å². The summed E-state index contributed by atoms with van der Waals surface area (Å²) in [6.45, 7) is 0. The highest BCUT2D eigenvalue weighted by Crippen LogP contribution is 2.42. The van der Waals surface area contributed by atoms with Crippen molar-refractivity contribution >= 4 is 39.3 Å². The summed E-state index contributed by atoms with van der Waals surface area (Å²) in [5.74, 6) is -0.0955. The van der Waals surface area contributed by atoms with Crippen LogP contribution in [0.3, 0.4) is 0 Å². The summed E-state index contributed by atoms with van der Waals surface area (Å²) in [4.78, 5) is 19.7. The summed E-state index contributed by atoms with van der Waals surface area (Å²) < 4.78 is 0. The molecule has 2 heterocycles. The quantitative estimate of drug-likeness (QED) is 0.741. The number of rotatable bonds is 4. The van der Waals surface area contributed by atoms with Gasteiger partial charge in [0.05, 0.1) is 0 Å². The lowest BCUT2D eigenvalue weighted by Crippen LogP contribution is -2.29. The summed E-state index contributed by atoms with van der Waals surface area (Å²) in [5.41, 5.74) is 2.13. The van der Waals surface area contributed by atoms with Crippen LogP contribution in [-0.2, 0) is 11.2 Å². The van der Waals surface area contributed by atoms with Gasteiger partial charge in [-0.25, -0.2) is 9.88 Å². The number of hydrogen-bond donors (Lipinski definition) is 1. The molecule has 0 spiro atoms. The molecule has 1 aromatic heterocycles. The molecule has 0 saturated carbocycles. The van der Waals surface area contributed by atoms with Crippen molar-refractivity contribution in [3.05, 3.63) is 82.9 Å². The van der Waals surface area contributed by atoms with Crippen LogP contribution in [0.1, 0.15) is 21.3 Å². The number of nitrogens with one attached hydrogen (secondary N) is 1. The molecule has 2 aromatic carbocycles. The number of nitrogens with zero attached hydrogens (tertiary/aromatic N) is 2. The molecule has 124 valence electrons. The normalized spacial score (nSPS) is 17.3. The third-order valence-electron chi connectivity index (χ3n) is 3.93. The second-order valence-electron chi connectivity index (χ2n) is 5.66. The van der Waals surface area contributed by atoms with E-state index in [1.807, 2.05) is 48.5 Å². The van der Waals surface area contributed by atoms with Crippen molar-refractivity contribution in [2.24, 2.45) is 0 Å². The molecule has 3 aromatic rings. The van der Waals surface area contributed by atoms with Gasteiger partial charge in [0.25, 0.3) is 5.91 Å². The predicted molar refractivity (Wildman–Crippen MR) is 103 cm³/mol. The predicted octanol–water partition coefficient (Wildman–Crippen LogP) is 4.49. The number of thiazole rings is 1. The van der Waals surface area contributed by atoms with E-state index in [-0.39, 0.29) is 16.3 Å². The summed E-state index contributed by atoms with van der Waals surface area (Å²) >= 11 is 2.74. The molecule has 0 aliphatic carbocycles. The minimum Gasteiger partial charge on any atom is -0.278 e. The van der Waals surface area contributed by atoms with E-state index in [2.05, 4.69) is 17.1 Å². The Kier molecular flexibility index (Phi) is 4.38. The third kappa shape index (κ3) is 3.23. The molecule has 1 aliphatic heterocycles. The second kappa shape index (κ2) is 6.82. The minimum absolute atomic E-state index is 0.0955. The zero-order chi connectivity index (χ0) is 17.2. The Hall–Kier alpha value is -2.44. The molecule has 25 heavy (non-hydrogen) atoms. The van der Waals surface area contributed by atoms with Crippen molar-refractivity contribution in [3.63, 3.8) is 0 Å². The molecule has 1 fully saturated rings. The van der Waals surface area contributed by atoms with Crippen molar-refractivity contribution in [1.29, 1.82) is 5.41 Å². The number of anilines is 1. The fourth-order valence-electron chi connectivity index (χ4n) is 2.73. The maximum Gasteiger partial charge on any atom is 0.253 e. The topological polar surface area (TPSA) is 57.1 Å². The van der Waals surface area contributed by atoms with Crippen molar-refractivity contribution in [2.75, 3.05) is 4.90 Å². The monoisotopic (exact) mass is 365 g/mol. The SMILES string of the molecule is N=C1S[C@@H](c2ccccc2)C(=O)N1c1ncc(Cc2ccccc2)s1. The van der Waals surface area contributed by atoms with E-state index in [9.17, 15) is 4.79 Å². The van der Waals surface area contributed by atoms with Gasteiger partial charge in [0.15, 0.2) is 10.3 Å². The van der Waals surface area contributed by atoms with Crippen molar-refractivity contribution in [3.8, 4) is 0 Å². The highest BCUT2D eigenvalue weighted by molar-refractivity contribution is 8.15. The molecule has 1 aliphatic rings. The number of amides is 1. The molecule has 0 radical (unpaired) electrons. The van der Waals surface area contributed by atoms with Gasteiger partial charge in [-0.2, -0.15) is 0 Å². The molecular weight excluding hydrogens is 350 g/mol. The summed E-state index contributed by atoms with van der Waals surface area (Å²) in [5, 5.41) is 8.66. The van der Waals surface area contributed by atoms with E-state index in [4.69, 9.17) is 5.41 Å². The summed E-state index contributed by atoms with van der Waals surface area (Å²) in [6, 6.07) is 19.8. The maximum absolute atomic E-state index is 12.8. The summed E-state index contributed by atoms with van der Waals surface area (Å²) in [6.07, 6.45) is 2.58. The Balaban J connectivity index is 1.56. The number of aromatic nitrogens is 1. The van der Waals surface area contributed by atoms with Crippen LogP contribution >= 0.6 is 23.1 Å². The number of benzene rings is 2. The molecule has 4 rings (SSSR count).